The molecule has 0 saturated heterocycles. The first-order valence-corrected chi connectivity index (χ1v) is 8.30. The second kappa shape index (κ2) is 6.61. The first kappa shape index (κ1) is 15.4. The predicted molar refractivity (Wildman–Crippen MR) is 81.9 cm³/mol. The Morgan fingerprint density at radius 3 is 2.90 bits per heavy atom. The van der Waals surface area contributed by atoms with Gasteiger partial charge in [0, 0.05) is 23.7 Å². The van der Waals surface area contributed by atoms with Crippen LogP contribution in [0.3, 0.4) is 0 Å². The number of thiazole rings is 1. The van der Waals surface area contributed by atoms with Crippen molar-refractivity contribution in [3.05, 3.63) is 54.1 Å². The van der Waals surface area contributed by atoms with Gasteiger partial charge in [-0.15, -0.1) is 17.9 Å². The Morgan fingerprint density at radius 1 is 1.43 bits per heavy atom. The number of rotatable bonds is 6. The summed E-state index contributed by atoms with van der Waals surface area (Å²) in [6.45, 7) is 3.57. The number of nitrogens with zero attached hydrogens (tertiary/aromatic N) is 1. The van der Waals surface area contributed by atoms with Crippen molar-refractivity contribution in [2.75, 3.05) is 11.9 Å². The van der Waals surface area contributed by atoms with Crippen molar-refractivity contribution in [3.63, 3.8) is 0 Å². The molecule has 0 aliphatic carbocycles. The second-order valence-corrected chi connectivity index (χ2v) is 6.62. The number of hydrogen-bond acceptors (Lipinski definition) is 5. The number of aromatic nitrogens is 1. The van der Waals surface area contributed by atoms with E-state index >= 15 is 0 Å². The fourth-order valence-electron chi connectivity index (χ4n) is 1.51. The van der Waals surface area contributed by atoms with Crippen LogP contribution < -0.4 is 10.0 Å². The smallest absolute Gasteiger partial charge is 0.257 e. The fourth-order valence-corrected chi connectivity index (χ4v) is 3.08. The highest BCUT2D eigenvalue weighted by Gasteiger charge is 2.15. The van der Waals surface area contributed by atoms with Crippen molar-refractivity contribution in [1.82, 2.24) is 9.71 Å². The SMILES string of the molecule is C=CCNS(=O)(=O)c1cccc(C(=O)Nc2nccs2)c1. The van der Waals surface area contributed by atoms with Crippen LogP contribution in [0.5, 0.6) is 0 Å². The lowest BCUT2D eigenvalue weighted by Crippen LogP contribution is -2.24. The number of carbonyl (C=O) groups excluding carboxylic acids is 1. The highest BCUT2D eigenvalue weighted by molar-refractivity contribution is 7.89. The van der Waals surface area contributed by atoms with Crippen molar-refractivity contribution >= 4 is 32.4 Å². The summed E-state index contributed by atoms with van der Waals surface area (Å²) in [6, 6.07) is 5.79. The van der Waals surface area contributed by atoms with Gasteiger partial charge in [0.25, 0.3) is 5.91 Å². The summed E-state index contributed by atoms with van der Waals surface area (Å²) in [5.74, 6) is -0.411. The van der Waals surface area contributed by atoms with E-state index in [2.05, 4.69) is 21.6 Å². The highest BCUT2D eigenvalue weighted by Crippen LogP contribution is 2.15. The molecule has 0 unspecified atom stereocenters. The molecule has 2 rings (SSSR count). The van der Waals surface area contributed by atoms with Crippen LogP contribution in [-0.2, 0) is 10.0 Å². The number of nitrogens with one attached hydrogen (secondary N) is 2. The molecule has 1 aromatic heterocycles. The lowest BCUT2D eigenvalue weighted by atomic mass is 10.2. The molecule has 0 saturated carbocycles. The fraction of sp³-hybridized carbons (Fsp3) is 0.0769. The number of anilines is 1. The Kier molecular flexibility index (Phi) is 4.84. The summed E-state index contributed by atoms with van der Waals surface area (Å²) in [5, 5.41) is 4.79. The molecule has 0 aliphatic rings. The van der Waals surface area contributed by atoms with Gasteiger partial charge in [-0.1, -0.05) is 12.1 Å². The zero-order valence-electron chi connectivity index (χ0n) is 10.9. The van der Waals surface area contributed by atoms with E-state index < -0.39 is 15.9 Å². The molecule has 6 nitrogen and oxygen atoms in total. The molecule has 21 heavy (non-hydrogen) atoms. The van der Waals surface area contributed by atoms with Crippen LogP contribution >= 0.6 is 11.3 Å². The van der Waals surface area contributed by atoms with Gasteiger partial charge in [0.2, 0.25) is 10.0 Å². The normalized spacial score (nSPS) is 11.0. The maximum absolute atomic E-state index is 12.0. The van der Waals surface area contributed by atoms with Gasteiger partial charge in [-0.25, -0.2) is 18.1 Å². The summed E-state index contributed by atoms with van der Waals surface area (Å²) in [4.78, 5) is 16.0. The highest BCUT2D eigenvalue weighted by atomic mass is 32.2. The topological polar surface area (TPSA) is 88.2 Å². The molecule has 0 spiro atoms. The molecule has 0 radical (unpaired) electrons. The van der Waals surface area contributed by atoms with Crippen LogP contribution in [0, 0.1) is 0 Å². The molecule has 110 valence electrons. The maximum Gasteiger partial charge on any atom is 0.257 e. The van der Waals surface area contributed by atoms with E-state index in [1.54, 1.807) is 11.6 Å². The van der Waals surface area contributed by atoms with Crippen LogP contribution in [0.4, 0.5) is 5.13 Å². The molecule has 0 bridgehead atoms. The third-order valence-corrected chi connectivity index (χ3v) is 4.59. The molecule has 0 fully saturated rings. The van der Waals surface area contributed by atoms with Crippen molar-refractivity contribution in [3.8, 4) is 0 Å². The average molecular weight is 323 g/mol. The molecule has 0 atom stereocenters. The van der Waals surface area contributed by atoms with E-state index in [-0.39, 0.29) is 17.0 Å². The molecule has 1 aromatic carbocycles. The minimum atomic E-state index is -3.65. The first-order valence-electron chi connectivity index (χ1n) is 5.94. The van der Waals surface area contributed by atoms with E-state index in [1.807, 2.05) is 0 Å². The van der Waals surface area contributed by atoms with Crippen LogP contribution in [-0.4, -0.2) is 25.9 Å². The summed E-state index contributed by atoms with van der Waals surface area (Å²) in [7, 11) is -3.65. The third-order valence-electron chi connectivity index (χ3n) is 2.48. The van der Waals surface area contributed by atoms with Gasteiger partial charge in [0.15, 0.2) is 5.13 Å². The third kappa shape index (κ3) is 3.97. The molecule has 2 aromatic rings. The lowest BCUT2D eigenvalue weighted by Gasteiger charge is -2.07. The number of benzene rings is 1. The Bertz CT molecular complexity index is 740. The van der Waals surface area contributed by atoms with Crippen LogP contribution in [0.2, 0.25) is 0 Å². The van der Waals surface area contributed by atoms with Gasteiger partial charge in [0.1, 0.15) is 0 Å². The maximum atomic E-state index is 12.0. The van der Waals surface area contributed by atoms with Crippen molar-refractivity contribution < 1.29 is 13.2 Å². The van der Waals surface area contributed by atoms with E-state index in [0.717, 1.165) is 0 Å². The van der Waals surface area contributed by atoms with Crippen LogP contribution in [0.1, 0.15) is 10.4 Å². The number of carbonyl (C=O) groups is 1. The van der Waals surface area contributed by atoms with E-state index in [1.165, 1.54) is 41.7 Å². The standard InChI is InChI=1S/C13H13N3O3S2/c1-2-6-15-21(18,19)11-5-3-4-10(9-11)12(17)16-13-14-7-8-20-13/h2-5,7-9,15H,1,6H2,(H,14,16,17). The monoisotopic (exact) mass is 323 g/mol. The van der Waals surface area contributed by atoms with E-state index in [0.29, 0.717) is 5.13 Å². The van der Waals surface area contributed by atoms with Crippen LogP contribution in [0.15, 0.2) is 53.4 Å². The average Bonchev–Trinajstić information content (AvgIpc) is 2.98. The first-order chi connectivity index (χ1) is 10.0. The summed E-state index contributed by atoms with van der Waals surface area (Å²) in [5.41, 5.74) is 0.242. The van der Waals surface area contributed by atoms with Gasteiger partial charge in [-0.2, -0.15) is 0 Å². The number of amides is 1. The predicted octanol–water partition coefficient (Wildman–Crippen LogP) is 1.86. The van der Waals surface area contributed by atoms with E-state index in [4.69, 9.17) is 0 Å². The largest absolute Gasteiger partial charge is 0.298 e. The summed E-state index contributed by atoms with van der Waals surface area (Å²) >= 11 is 1.28. The molecule has 1 heterocycles. The minimum Gasteiger partial charge on any atom is -0.298 e. The number of sulfonamides is 1. The molecule has 2 N–H and O–H groups in total. The van der Waals surface area contributed by atoms with Gasteiger partial charge >= 0.3 is 0 Å². The Labute approximate surface area is 126 Å². The van der Waals surface area contributed by atoms with Gasteiger partial charge in [-0.3, -0.25) is 10.1 Å². The minimum absolute atomic E-state index is 0.0242. The Hall–Kier alpha value is -2.03. The lowest BCUT2D eigenvalue weighted by molar-refractivity contribution is 0.102. The summed E-state index contributed by atoms with van der Waals surface area (Å²) in [6.07, 6.45) is 3.01. The molecular formula is C13H13N3O3S2. The zero-order valence-corrected chi connectivity index (χ0v) is 12.6. The summed E-state index contributed by atoms with van der Waals surface area (Å²) < 4.78 is 26.3. The Morgan fingerprint density at radius 2 is 2.24 bits per heavy atom. The number of hydrogen-bond donors (Lipinski definition) is 2. The van der Waals surface area contributed by atoms with Gasteiger partial charge < -0.3 is 0 Å². The molecule has 0 aliphatic heterocycles. The van der Waals surface area contributed by atoms with Crippen LogP contribution in [0.25, 0.3) is 0 Å². The Balaban J connectivity index is 2.21. The molecular weight excluding hydrogens is 310 g/mol. The zero-order chi connectivity index (χ0) is 15.3. The van der Waals surface area contributed by atoms with Crippen molar-refractivity contribution in [1.29, 1.82) is 0 Å². The molecule has 1 amide bonds. The second-order valence-electron chi connectivity index (χ2n) is 3.96. The quantitative estimate of drug-likeness (QED) is 0.794. The van der Waals surface area contributed by atoms with Gasteiger partial charge in [0.05, 0.1) is 4.90 Å². The molecule has 8 heteroatoms. The van der Waals surface area contributed by atoms with Gasteiger partial charge in [-0.05, 0) is 18.2 Å². The van der Waals surface area contributed by atoms with E-state index in [9.17, 15) is 13.2 Å². The van der Waals surface area contributed by atoms with Crippen molar-refractivity contribution in [2.45, 2.75) is 4.90 Å². The van der Waals surface area contributed by atoms with Crippen molar-refractivity contribution in [2.24, 2.45) is 0 Å².